The van der Waals surface area contributed by atoms with Gasteiger partial charge in [-0.2, -0.15) is 0 Å². The van der Waals surface area contributed by atoms with Crippen LogP contribution in [0.15, 0.2) is 30.7 Å². The second kappa shape index (κ2) is 6.34. The Morgan fingerprint density at radius 2 is 2.09 bits per heavy atom. The van der Waals surface area contributed by atoms with E-state index in [0.717, 1.165) is 37.7 Å². The summed E-state index contributed by atoms with van der Waals surface area (Å²) in [5, 5.41) is 1.35. The zero-order valence-electron chi connectivity index (χ0n) is 12.6. The van der Waals surface area contributed by atoms with Gasteiger partial charge in [0.2, 0.25) is 0 Å². The van der Waals surface area contributed by atoms with Crippen LogP contribution in [-0.2, 0) is 6.54 Å². The van der Waals surface area contributed by atoms with E-state index in [1.54, 1.807) is 12.4 Å². The molecule has 0 bridgehead atoms. The number of ether oxygens (including phenoxy) is 1. The summed E-state index contributed by atoms with van der Waals surface area (Å²) in [7, 11) is 0. The fourth-order valence-electron chi connectivity index (χ4n) is 3.11. The third kappa shape index (κ3) is 3.15. The fourth-order valence-corrected chi connectivity index (χ4v) is 4.24. The number of rotatable bonds is 5. The summed E-state index contributed by atoms with van der Waals surface area (Å²) in [4.78, 5) is 12.5. The van der Waals surface area contributed by atoms with Crippen LogP contribution >= 0.6 is 11.3 Å². The zero-order valence-corrected chi connectivity index (χ0v) is 13.5. The lowest BCUT2D eigenvalue weighted by Crippen LogP contribution is -2.24. The maximum Gasteiger partial charge on any atom is 0.122 e. The van der Waals surface area contributed by atoms with Gasteiger partial charge in [-0.3, -0.25) is 9.88 Å². The van der Waals surface area contributed by atoms with Crippen LogP contribution < -0.4 is 4.74 Å². The van der Waals surface area contributed by atoms with Gasteiger partial charge < -0.3 is 4.74 Å². The van der Waals surface area contributed by atoms with Gasteiger partial charge in [-0.1, -0.05) is 6.42 Å². The minimum Gasteiger partial charge on any atom is -0.489 e. The zero-order chi connectivity index (χ0) is 14.8. The Labute approximate surface area is 135 Å². The van der Waals surface area contributed by atoms with Crippen LogP contribution in [0.4, 0.5) is 0 Å². The van der Waals surface area contributed by atoms with Crippen molar-refractivity contribution >= 4 is 11.3 Å². The lowest BCUT2D eigenvalue weighted by molar-refractivity contribution is 0.198. The van der Waals surface area contributed by atoms with E-state index in [1.807, 2.05) is 23.5 Å². The predicted octanol–water partition coefficient (Wildman–Crippen LogP) is 3.46. The van der Waals surface area contributed by atoms with Gasteiger partial charge in [0.05, 0.1) is 5.01 Å². The molecule has 2 aromatic rings. The Morgan fingerprint density at radius 3 is 2.86 bits per heavy atom. The number of aromatic nitrogens is 2. The highest BCUT2D eigenvalue weighted by Crippen LogP contribution is 2.38. The Balaban J connectivity index is 1.30. The molecule has 0 amide bonds. The molecule has 1 aliphatic heterocycles. The summed E-state index contributed by atoms with van der Waals surface area (Å²) in [6.07, 6.45) is 11.1. The lowest BCUT2D eigenvalue weighted by Gasteiger charge is -2.22. The van der Waals surface area contributed by atoms with E-state index in [0.29, 0.717) is 6.10 Å². The molecule has 2 fully saturated rings. The topological polar surface area (TPSA) is 38.2 Å². The molecule has 5 heteroatoms. The predicted molar refractivity (Wildman–Crippen MR) is 87.3 cm³/mol. The third-order valence-electron chi connectivity index (χ3n) is 4.59. The van der Waals surface area contributed by atoms with Gasteiger partial charge in [0.1, 0.15) is 11.9 Å². The maximum atomic E-state index is 6.02. The largest absolute Gasteiger partial charge is 0.489 e. The van der Waals surface area contributed by atoms with Crippen molar-refractivity contribution in [3.05, 3.63) is 40.6 Å². The number of pyridine rings is 1. The second-order valence-corrected chi connectivity index (χ2v) is 7.39. The minimum atomic E-state index is 0.293. The second-order valence-electron chi connectivity index (χ2n) is 6.24. The molecule has 4 nitrogen and oxygen atoms in total. The molecule has 0 aromatic carbocycles. The van der Waals surface area contributed by atoms with Crippen LogP contribution in [0.5, 0.6) is 5.75 Å². The van der Waals surface area contributed by atoms with Crippen molar-refractivity contribution in [1.82, 2.24) is 14.9 Å². The van der Waals surface area contributed by atoms with Crippen LogP contribution in [0.2, 0.25) is 0 Å². The molecule has 0 unspecified atom stereocenters. The molecule has 2 aliphatic rings. The molecule has 22 heavy (non-hydrogen) atoms. The van der Waals surface area contributed by atoms with Crippen molar-refractivity contribution in [1.29, 1.82) is 0 Å². The molecule has 1 atom stereocenters. The van der Waals surface area contributed by atoms with Gasteiger partial charge in [0.25, 0.3) is 0 Å². The highest BCUT2D eigenvalue weighted by molar-refractivity contribution is 7.11. The summed E-state index contributed by atoms with van der Waals surface area (Å²) >= 11 is 1.91. The van der Waals surface area contributed by atoms with Crippen molar-refractivity contribution in [2.24, 2.45) is 0 Å². The molecular formula is C17H21N3OS. The first-order valence-electron chi connectivity index (χ1n) is 8.10. The van der Waals surface area contributed by atoms with Crippen LogP contribution in [0.25, 0.3) is 0 Å². The molecule has 0 radical (unpaired) electrons. The van der Waals surface area contributed by atoms with E-state index in [1.165, 1.54) is 29.1 Å². The van der Waals surface area contributed by atoms with Crippen molar-refractivity contribution in [3.63, 3.8) is 0 Å². The first-order valence-corrected chi connectivity index (χ1v) is 8.92. The Hall–Kier alpha value is -1.46. The average molecular weight is 315 g/mol. The van der Waals surface area contributed by atoms with Gasteiger partial charge >= 0.3 is 0 Å². The Morgan fingerprint density at radius 1 is 1.23 bits per heavy atom. The Kier molecular flexibility index (Phi) is 4.08. The molecule has 2 aromatic heterocycles. The highest BCUT2D eigenvalue weighted by Gasteiger charge is 2.26. The summed E-state index contributed by atoms with van der Waals surface area (Å²) in [6, 6.07) is 3.85. The number of hydrogen-bond acceptors (Lipinski definition) is 5. The van der Waals surface area contributed by atoms with Crippen LogP contribution in [0.3, 0.4) is 0 Å². The lowest BCUT2D eigenvalue weighted by atomic mass is 9.86. The normalized spacial score (nSPS) is 22.6. The van der Waals surface area contributed by atoms with Crippen molar-refractivity contribution in [2.45, 2.75) is 44.2 Å². The minimum absolute atomic E-state index is 0.293. The fraction of sp³-hybridized carbons (Fsp3) is 0.529. The van der Waals surface area contributed by atoms with Crippen molar-refractivity contribution < 1.29 is 4.74 Å². The quantitative estimate of drug-likeness (QED) is 0.847. The number of hydrogen-bond donors (Lipinski definition) is 0. The average Bonchev–Trinajstić information content (AvgIpc) is 3.09. The third-order valence-corrected chi connectivity index (χ3v) is 5.73. The van der Waals surface area contributed by atoms with Crippen molar-refractivity contribution in [2.75, 3.05) is 13.1 Å². The number of likely N-dealkylation sites (tertiary alicyclic amines) is 1. The smallest absolute Gasteiger partial charge is 0.122 e. The van der Waals surface area contributed by atoms with E-state index < -0.39 is 0 Å². The van der Waals surface area contributed by atoms with E-state index in [4.69, 9.17) is 4.74 Å². The number of nitrogens with zero attached hydrogens (tertiary/aromatic N) is 3. The standard InChI is InChI=1S/C17H21N3OS/c1-2-13(3-1)17-19-10-16(22-17)12-20-9-6-15(11-20)21-14-4-7-18-8-5-14/h4-5,7-8,10,13,15H,1-3,6,9,11-12H2/t15-/m0/s1. The maximum absolute atomic E-state index is 6.02. The summed E-state index contributed by atoms with van der Waals surface area (Å²) < 4.78 is 6.02. The van der Waals surface area contributed by atoms with Gasteiger partial charge in [-0.25, -0.2) is 4.98 Å². The van der Waals surface area contributed by atoms with Gasteiger partial charge in [-0.15, -0.1) is 11.3 Å². The molecule has 0 spiro atoms. The molecule has 3 heterocycles. The van der Waals surface area contributed by atoms with Gasteiger partial charge in [-0.05, 0) is 31.4 Å². The molecule has 116 valence electrons. The molecule has 1 aliphatic carbocycles. The summed E-state index contributed by atoms with van der Waals surface area (Å²) in [6.45, 7) is 3.12. The van der Waals surface area contributed by atoms with Gasteiger partial charge in [0, 0.05) is 49.0 Å². The summed E-state index contributed by atoms with van der Waals surface area (Å²) in [5.74, 6) is 1.67. The monoisotopic (exact) mass is 315 g/mol. The molecule has 0 N–H and O–H groups in total. The van der Waals surface area contributed by atoms with Crippen molar-refractivity contribution in [3.8, 4) is 5.75 Å². The highest BCUT2D eigenvalue weighted by atomic mass is 32.1. The molecule has 1 saturated heterocycles. The van der Waals surface area contributed by atoms with Crippen LogP contribution in [0, 0.1) is 0 Å². The van der Waals surface area contributed by atoms with Gasteiger partial charge in [0.15, 0.2) is 0 Å². The molecule has 4 rings (SSSR count). The van der Waals surface area contributed by atoms with E-state index in [-0.39, 0.29) is 0 Å². The SMILES string of the molecule is c1cc(O[C@H]2CCN(Cc3cnc(C4CCC4)s3)C2)ccn1. The molecule has 1 saturated carbocycles. The van der Waals surface area contributed by atoms with E-state index in [9.17, 15) is 0 Å². The van der Waals surface area contributed by atoms with E-state index in [2.05, 4.69) is 21.1 Å². The van der Waals surface area contributed by atoms with Crippen LogP contribution in [-0.4, -0.2) is 34.1 Å². The summed E-state index contributed by atoms with van der Waals surface area (Å²) in [5.41, 5.74) is 0. The first-order chi connectivity index (χ1) is 10.9. The van der Waals surface area contributed by atoms with Crippen LogP contribution in [0.1, 0.15) is 41.5 Å². The van der Waals surface area contributed by atoms with E-state index >= 15 is 0 Å². The first kappa shape index (κ1) is 14.2. The molecular weight excluding hydrogens is 294 g/mol. The number of thiazole rings is 1. The Bertz CT molecular complexity index is 611.